The van der Waals surface area contributed by atoms with Crippen LogP contribution in [0.3, 0.4) is 0 Å². The van der Waals surface area contributed by atoms with E-state index in [-0.39, 0.29) is 6.10 Å². The second-order valence-electron chi connectivity index (χ2n) is 4.31. The lowest BCUT2D eigenvalue weighted by Gasteiger charge is -2.18. The van der Waals surface area contributed by atoms with Gasteiger partial charge in [0.05, 0.1) is 6.10 Å². The minimum atomic E-state index is -0.288. The third kappa shape index (κ3) is 3.95. The van der Waals surface area contributed by atoms with E-state index in [0.29, 0.717) is 12.6 Å². The Bertz CT molecular complexity index is 292. The van der Waals surface area contributed by atoms with Crippen molar-refractivity contribution in [2.75, 3.05) is 6.54 Å². The Morgan fingerprint density at radius 3 is 2.25 bits per heavy atom. The first kappa shape index (κ1) is 13.2. The zero-order chi connectivity index (χ0) is 12.0. The minimum absolute atomic E-state index is 0.288. The van der Waals surface area contributed by atoms with Crippen LogP contribution < -0.4 is 5.32 Å². The van der Waals surface area contributed by atoms with E-state index in [1.165, 1.54) is 11.1 Å². The first-order valence-electron chi connectivity index (χ1n) is 6.17. The molecule has 16 heavy (non-hydrogen) atoms. The summed E-state index contributed by atoms with van der Waals surface area (Å²) in [4.78, 5) is 0. The topological polar surface area (TPSA) is 32.3 Å². The van der Waals surface area contributed by atoms with Crippen molar-refractivity contribution in [1.82, 2.24) is 5.32 Å². The molecule has 0 amide bonds. The second kappa shape index (κ2) is 6.66. The monoisotopic (exact) mass is 221 g/mol. The van der Waals surface area contributed by atoms with Crippen molar-refractivity contribution in [1.29, 1.82) is 0 Å². The normalized spacial score (nSPS) is 14.8. The van der Waals surface area contributed by atoms with Crippen LogP contribution in [-0.4, -0.2) is 17.8 Å². The largest absolute Gasteiger partial charge is 0.392 e. The van der Waals surface area contributed by atoms with Crippen molar-refractivity contribution in [2.24, 2.45) is 0 Å². The standard InChI is InChI=1S/C14H23NO/c1-4-12-6-8-13(9-7-12)14(5-2)15-10-11(3)16/h6-9,11,14-16H,4-5,10H2,1-3H3/t11-,14?/m1/s1. The van der Waals surface area contributed by atoms with E-state index >= 15 is 0 Å². The molecule has 1 aromatic rings. The quantitative estimate of drug-likeness (QED) is 0.774. The Morgan fingerprint density at radius 2 is 1.81 bits per heavy atom. The first-order chi connectivity index (χ1) is 7.67. The summed E-state index contributed by atoms with van der Waals surface area (Å²) in [6.45, 7) is 6.78. The van der Waals surface area contributed by atoms with Gasteiger partial charge in [-0.1, -0.05) is 38.1 Å². The highest BCUT2D eigenvalue weighted by atomic mass is 16.3. The van der Waals surface area contributed by atoms with Gasteiger partial charge < -0.3 is 10.4 Å². The molecule has 2 atom stereocenters. The van der Waals surface area contributed by atoms with Crippen LogP contribution in [0.25, 0.3) is 0 Å². The molecule has 0 fully saturated rings. The number of nitrogens with one attached hydrogen (secondary N) is 1. The Labute approximate surface area is 98.7 Å². The fourth-order valence-corrected chi connectivity index (χ4v) is 1.80. The number of rotatable bonds is 6. The van der Waals surface area contributed by atoms with Crippen molar-refractivity contribution < 1.29 is 5.11 Å². The molecule has 2 N–H and O–H groups in total. The van der Waals surface area contributed by atoms with Crippen LogP contribution >= 0.6 is 0 Å². The highest BCUT2D eigenvalue weighted by Gasteiger charge is 2.09. The lowest BCUT2D eigenvalue weighted by atomic mass is 10.0. The van der Waals surface area contributed by atoms with Crippen LogP contribution in [0, 0.1) is 0 Å². The summed E-state index contributed by atoms with van der Waals surface area (Å²) in [6, 6.07) is 9.08. The van der Waals surface area contributed by atoms with E-state index < -0.39 is 0 Å². The zero-order valence-electron chi connectivity index (χ0n) is 10.5. The van der Waals surface area contributed by atoms with E-state index in [9.17, 15) is 5.11 Å². The van der Waals surface area contributed by atoms with Crippen molar-refractivity contribution in [3.63, 3.8) is 0 Å². The van der Waals surface area contributed by atoms with Crippen molar-refractivity contribution in [3.8, 4) is 0 Å². The zero-order valence-corrected chi connectivity index (χ0v) is 10.5. The number of hydrogen-bond acceptors (Lipinski definition) is 2. The Kier molecular flexibility index (Phi) is 5.50. The molecule has 0 saturated carbocycles. The molecule has 0 aromatic heterocycles. The second-order valence-corrected chi connectivity index (χ2v) is 4.31. The van der Waals surface area contributed by atoms with Crippen LogP contribution in [0.15, 0.2) is 24.3 Å². The first-order valence-corrected chi connectivity index (χ1v) is 6.17. The minimum Gasteiger partial charge on any atom is -0.392 e. The third-order valence-corrected chi connectivity index (χ3v) is 2.86. The summed E-state index contributed by atoms with van der Waals surface area (Å²) in [6.07, 6.45) is 1.83. The maximum Gasteiger partial charge on any atom is 0.0636 e. The lowest BCUT2D eigenvalue weighted by molar-refractivity contribution is 0.185. The van der Waals surface area contributed by atoms with Gasteiger partial charge >= 0.3 is 0 Å². The predicted molar refractivity (Wildman–Crippen MR) is 68.5 cm³/mol. The van der Waals surface area contributed by atoms with Gasteiger partial charge in [-0.05, 0) is 30.9 Å². The predicted octanol–water partition coefficient (Wildman–Crippen LogP) is 2.67. The molecular formula is C14H23NO. The van der Waals surface area contributed by atoms with Gasteiger partial charge in [-0.25, -0.2) is 0 Å². The highest BCUT2D eigenvalue weighted by molar-refractivity contribution is 5.25. The SMILES string of the molecule is CCc1ccc(C(CC)NC[C@@H](C)O)cc1. The van der Waals surface area contributed by atoms with E-state index in [0.717, 1.165) is 12.8 Å². The van der Waals surface area contributed by atoms with Gasteiger partial charge in [0.2, 0.25) is 0 Å². The lowest BCUT2D eigenvalue weighted by Crippen LogP contribution is -2.28. The molecule has 1 unspecified atom stereocenters. The van der Waals surface area contributed by atoms with Gasteiger partial charge in [-0.15, -0.1) is 0 Å². The van der Waals surface area contributed by atoms with Crippen LogP contribution in [0.5, 0.6) is 0 Å². The summed E-state index contributed by atoms with van der Waals surface area (Å²) in [5, 5.41) is 12.6. The summed E-state index contributed by atoms with van der Waals surface area (Å²) in [5.41, 5.74) is 2.68. The van der Waals surface area contributed by atoms with E-state index in [2.05, 4.69) is 43.4 Å². The number of benzene rings is 1. The fourth-order valence-electron chi connectivity index (χ4n) is 1.80. The number of aliphatic hydroxyl groups excluding tert-OH is 1. The van der Waals surface area contributed by atoms with Gasteiger partial charge in [0.25, 0.3) is 0 Å². The van der Waals surface area contributed by atoms with E-state index in [4.69, 9.17) is 0 Å². The van der Waals surface area contributed by atoms with Crippen LogP contribution in [-0.2, 0) is 6.42 Å². The van der Waals surface area contributed by atoms with Gasteiger partial charge in [0.1, 0.15) is 0 Å². The molecule has 0 aliphatic heterocycles. The summed E-state index contributed by atoms with van der Waals surface area (Å²) < 4.78 is 0. The van der Waals surface area contributed by atoms with Crippen molar-refractivity contribution >= 4 is 0 Å². The van der Waals surface area contributed by atoms with Crippen molar-refractivity contribution in [3.05, 3.63) is 35.4 Å². The van der Waals surface area contributed by atoms with Gasteiger partial charge in [0, 0.05) is 12.6 Å². The van der Waals surface area contributed by atoms with Crippen molar-refractivity contribution in [2.45, 2.75) is 45.8 Å². The Morgan fingerprint density at radius 1 is 1.19 bits per heavy atom. The Hall–Kier alpha value is -0.860. The van der Waals surface area contributed by atoms with Gasteiger partial charge in [-0.2, -0.15) is 0 Å². The molecular weight excluding hydrogens is 198 g/mol. The Balaban J connectivity index is 2.63. The molecule has 0 aliphatic rings. The molecule has 2 nitrogen and oxygen atoms in total. The average molecular weight is 221 g/mol. The molecule has 0 spiro atoms. The summed E-state index contributed by atoms with van der Waals surface area (Å²) in [7, 11) is 0. The molecule has 0 heterocycles. The van der Waals surface area contributed by atoms with E-state index in [1.807, 2.05) is 0 Å². The molecule has 0 radical (unpaired) electrons. The number of hydrogen-bond donors (Lipinski definition) is 2. The molecule has 0 saturated heterocycles. The summed E-state index contributed by atoms with van der Waals surface area (Å²) >= 11 is 0. The molecule has 2 heteroatoms. The fraction of sp³-hybridized carbons (Fsp3) is 0.571. The summed E-state index contributed by atoms with van der Waals surface area (Å²) in [5.74, 6) is 0. The van der Waals surface area contributed by atoms with Crippen LogP contribution in [0.1, 0.15) is 44.4 Å². The number of aryl methyl sites for hydroxylation is 1. The van der Waals surface area contributed by atoms with Gasteiger partial charge in [0.15, 0.2) is 0 Å². The molecule has 0 aliphatic carbocycles. The average Bonchev–Trinajstić information content (AvgIpc) is 2.30. The molecule has 0 bridgehead atoms. The van der Waals surface area contributed by atoms with Crippen LogP contribution in [0.4, 0.5) is 0 Å². The maximum atomic E-state index is 9.26. The molecule has 1 aromatic carbocycles. The number of aliphatic hydroxyl groups is 1. The van der Waals surface area contributed by atoms with Crippen LogP contribution in [0.2, 0.25) is 0 Å². The van der Waals surface area contributed by atoms with E-state index in [1.54, 1.807) is 6.92 Å². The smallest absolute Gasteiger partial charge is 0.0636 e. The highest BCUT2D eigenvalue weighted by Crippen LogP contribution is 2.17. The molecule has 1 rings (SSSR count). The molecule has 90 valence electrons. The maximum absolute atomic E-state index is 9.26. The third-order valence-electron chi connectivity index (χ3n) is 2.86. The van der Waals surface area contributed by atoms with Gasteiger partial charge in [-0.3, -0.25) is 0 Å².